The van der Waals surface area contributed by atoms with Crippen LogP contribution >= 0.6 is 0 Å². The number of hydrogen-bond acceptors (Lipinski definition) is 6. The maximum atomic E-state index is 13.5. The van der Waals surface area contributed by atoms with Crippen LogP contribution in [0.2, 0.25) is 0 Å². The van der Waals surface area contributed by atoms with Gasteiger partial charge in [-0.3, -0.25) is 13.9 Å². The molecule has 0 saturated heterocycles. The summed E-state index contributed by atoms with van der Waals surface area (Å²) in [7, 11) is -2.97. The van der Waals surface area contributed by atoms with E-state index in [9.17, 15) is 22.0 Å². The molecule has 3 heterocycles. The Kier molecular flexibility index (Phi) is 5.35. The molecule has 0 spiro atoms. The van der Waals surface area contributed by atoms with Gasteiger partial charge < -0.3 is 4.74 Å². The number of fused-ring (bicyclic) bond motifs is 1. The number of halogens is 2. The van der Waals surface area contributed by atoms with E-state index in [2.05, 4.69) is 14.7 Å². The second-order valence-electron chi connectivity index (χ2n) is 6.85. The molecule has 11 heteroatoms. The van der Waals surface area contributed by atoms with Crippen LogP contribution in [0.5, 0.6) is 5.88 Å². The highest BCUT2D eigenvalue weighted by molar-refractivity contribution is 7.92. The normalized spacial score (nSPS) is 11.5. The third-order valence-electron chi connectivity index (χ3n) is 4.70. The molecule has 0 unspecified atom stereocenters. The lowest BCUT2D eigenvalue weighted by molar-refractivity contribution is 0.400. The molecule has 0 aliphatic carbocycles. The lowest BCUT2D eigenvalue weighted by Gasteiger charge is -2.13. The number of nitrogens with one attached hydrogen (secondary N) is 1. The van der Waals surface area contributed by atoms with E-state index in [0.29, 0.717) is 28.4 Å². The Balaban J connectivity index is 1.78. The van der Waals surface area contributed by atoms with Gasteiger partial charge in [-0.15, -0.1) is 0 Å². The van der Waals surface area contributed by atoms with Crippen LogP contribution in [0.25, 0.3) is 16.8 Å². The van der Waals surface area contributed by atoms with Gasteiger partial charge in [0.25, 0.3) is 15.6 Å². The number of methoxy groups -OCH3 is 1. The van der Waals surface area contributed by atoms with Gasteiger partial charge in [0.05, 0.1) is 12.0 Å². The Labute approximate surface area is 181 Å². The first-order valence-corrected chi connectivity index (χ1v) is 10.7. The molecule has 4 rings (SSSR count). The molecular weight excluding hydrogens is 442 g/mol. The van der Waals surface area contributed by atoms with Crippen molar-refractivity contribution in [3.8, 4) is 17.0 Å². The highest BCUT2D eigenvalue weighted by atomic mass is 32.2. The van der Waals surface area contributed by atoms with Crippen LogP contribution in [-0.4, -0.2) is 29.9 Å². The van der Waals surface area contributed by atoms with Crippen molar-refractivity contribution in [3.05, 3.63) is 82.5 Å². The predicted molar refractivity (Wildman–Crippen MR) is 113 cm³/mol. The molecule has 8 nitrogen and oxygen atoms in total. The Morgan fingerprint density at radius 1 is 1.00 bits per heavy atom. The third kappa shape index (κ3) is 3.89. The molecule has 0 aliphatic rings. The van der Waals surface area contributed by atoms with E-state index in [4.69, 9.17) is 4.74 Å². The van der Waals surface area contributed by atoms with Gasteiger partial charge in [0.1, 0.15) is 11.3 Å². The maximum absolute atomic E-state index is 13.5. The second kappa shape index (κ2) is 8.00. The fourth-order valence-corrected chi connectivity index (χ4v) is 4.09. The molecule has 0 saturated carbocycles. The minimum absolute atomic E-state index is 0.0236. The average Bonchev–Trinajstić information content (AvgIpc) is 2.77. The number of pyridine rings is 2. The summed E-state index contributed by atoms with van der Waals surface area (Å²) < 4.78 is 60.9. The summed E-state index contributed by atoms with van der Waals surface area (Å²) in [6.07, 6.45) is 4.50. The minimum Gasteiger partial charge on any atom is -0.480 e. The van der Waals surface area contributed by atoms with Gasteiger partial charge in [-0.05, 0) is 43.3 Å². The number of hydrogen-bond donors (Lipinski definition) is 1. The fourth-order valence-electron chi connectivity index (χ4n) is 3.03. The van der Waals surface area contributed by atoms with Crippen molar-refractivity contribution in [2.24, 2.45) is 0 Å². The van der Waals surface area contributed by atoms with E-state index < -0.39 is 26.6 Å². The van der Waals surface area contributed by atoms with E-state index in [1.807, 2.05) is 0 Å². The summed E-state index contributed by atoms with van der Waals surface area (Å²) in [5, 5.41) is 0. The molecule has 1 aromatic carbocycles. The molecule has 0 radical (unpaired) electrons. The fraction of sp³-hybridized carbons (Fsp3) is 0.0952. The highest BCUT2D eigenvalue weighted by Gasteiger charge is 2.20. The lowest BCUT2D eigenvalue weighted by Crippen LogP contribution is -2.17. The van der Waals surface area contributed by atoms with Crippen LogP contribution in [0.1, 0.15) is 5.56 Å². The summed E-state index contributed by atoms with van der Waals surface area (Å²) in [6, 6.07) is 7.04. The molecule has 3 aromatic heterocycles. The van der Waals surface area contributed by atoms with Crippen molar-refractivity contribution in [2.45, 2.75) is 11.8 Å². The average molecular weight is 458 g/mol. The zero-order valence-corrected chi connectivity index (χ0v) is 17.7. The van der Waals surface area contributed by atoms with Crippen LogP contribution in [0.15, 0.2) is 64.7 Å². The Bertz CT molecular complexity index is 1520. The number of sulfonamides is 1. The number of aryl methyl sites for hydroxylation is 1. The Hall–Kier alpha value is -3.86. The van der Waals surface area contributed by atoms with Crippen LogP contribution in [0.3, 0.4) is 0 Å². The highest BCUT2D eigenvalue weighted by Crippen LogP contribution is 2.30. The Morgan fingerprint density at radius 3 is 2.50 bits per heavy atom. The maximum Gasteiger partial charge on any atom is 0.262 e. The summed E-state index contributed by atoms with van der Waals surface area (Å²) in [5.74, 6) is -2.49. The Morgan fingerprint density at radius 2 is 1.78 bits per heavy atom. The predicted octanol–water partition coefficient (Wildman–Crippen LogP) is 3.15. The van der Waals surface area contributed by atoms with Gasteiger partial charge >= 0.3 is 0 Å². The number of anilines is 1. The SMILES string of the molecule is COc1ncc(-c2ccc3ncc(C)c(=O)n3c2)cc1NS(=O)(=O)c1ccc(F)c(F)c1. The van der Waals surface area contributed by atoms with Crippen molar-refractivity contribution in [2.75, 3.05) is 11.8 Å². The van der Waals surface area contributed by atoms with Gasteiger partial charge in [0.15, 0.2) is 11.6 Å². The monoisotopic (exact) mass is 458 g/mol. The summed E-state index contributed by atoms with van der Waals surface area (Å²) in [4.78, 5) is 20.3. The summed E-state index contributed by atoms with van der Waals surface area (Å²) in [5.41, 5.74) is 1.69. The molecule has 0 bridgehead atoms. The van der Waals surface area contributed by atoms with E-state index >= 15 is 0 Å². The van der Waals surface area contributed by atoms with E-state index in [1.165, 1.54) is 30.0 Å². The van der Waals surface area contributed by atoms with Crippen LogP contribution in [0, 0.1) is 18.6 Å². The van der Waals surface area contributed by atoms with Crippen molar-refractivity contribution in [1.29, 1.82) is 0 Å². The molecule has 0 amide bonds. The van der Waals surface area contributed by atoms with Crippen LogP contribution in [0.4, 0.5) is 14.5 Å². The minimum atomic E-state index is -4.27. The zero-order chi connectivity index (χ0) is 23.0. The molecule has 0 aliphatic heterocycles. The number of benzene rings is 1. The first-order chi connectivity index (χ1) is 15.2. The topological polar surface area (TPSA) is 103 Å². The zero-order valence-electron chi connectivity index (χ0n) is 16.8. The molecule has 0 atom stereocenters. The van der Waals surface area contributed by atoms with E-state index in [-0.39, 0.29) is 17.1 Å². The molecule has 164 valence electrons. The van der Waals surface area contributed by atoms with Crippen LogP contribution < -0.4 is 15.0 Å². The molecule has 1 N–H and O–H groups in total. The summed E-state index contributed by atoms with van der Waals surface area (Å²) >= 11 is 0. The lowest BCUT2D eigenvalue weighted by atomic mass is 10.1. The van der Waals surface area contributed by atoms with Crippen molar-refractivity contribution < 1.29 is 21.9 Å². The van der Waals surface area contributed by atoms with Crippen molar-refractivity contribution in [1.82, 2.24) is 14.4 Å². The van der Waals surface area contributed by atoms with Crippen molar-refractivity contribution in [3.63, 3.8) is 0 Å². The standard InChI is InChI=1S/C21H16F2N4O4S/c1-12-9-24-19-6-3-13(11-27(19)21(12)28)14-7-18(20(31-2)25-10-14)26-32(29,30)15-4-5-16(22)17(23)8-15/h3-11,26H,1-2H3. The largest absolute Gasteiger partial charge is 0.480 e. The van der Waals surface area contributed by atoms with Gasteiger partial charge in [-0.25, -0.2) is 27.2 Å². The summed E-state index contributed by atoms with van der Waals surface area (Å²) in [6.45, 7) is 1.65. The van der Waals surface area contributed by atoms with Crippen molar-refractivity contribution >= 4 is 21.4 Å². The van der Waals surface area contributed by atoms with E-state index in [1.54, 1.807) is 25.3 Å². The molecule has 32 heavy (non-hydrogen) atoms. The quantitative estimate of drug-likeness (QED) is 0.493. The first kappa shape index (κ1) is 21.4. The number of rotatable bonds is 5. The number of ether oxygens (including phenoxy) is 1. The van der Waals surface area contributed by atoms with Gasteiger partial charge in [0.2, 0.25) is 5.88 Å². The second-order valence-corrected chi connectivity index (χ2v) is 8.54. The molecule has 4 aromatic rings. The van der Waals surface area contributed by atoms with E-state index in [0.717, 1.165) is 12.1 Å². The van der Waals surface area contributed by atoms with Crippen LogP contribution in [-0.2, 0) is 10.0 Å². The smallest absolute Gasteiger partial charge is 0.262 e. The number of nitrogens with zero attached hydrogens (tertiary/aromatic N) is 3. The molecule has 0 fully saturated rings. The third-order valence-corrected chi connectivity index (χ3v) is 6.06. The number of aromatic nitrogens is 3. The first-order valence-electron chi connectivity index (χ1n) is 9.20. The van der Waals surface area contributed by atoms with Gasteiger partial charge in [-0.2, -0.15) is 0 Å². The molecular formula is C21H16F2N4O4S. The van der Waals surface area contributed by atoms with Gasteiger partial charge in [-0.1, -0.05) is 0 Å². The van der Waals surface area contributed by atoms with Gasteiger partial charge in [0, 0.05) is 35.3 Å².